The van der Waals surface area contributed by atoms with Gasteiger partial charge in [-0.2, -0.15) is 0 Å². The molecule has 0 aromatic carbocycles. The third-order valence-electron chi connectivity index (χ3n) is 2.01. The van der Waals surface area contributed by atoms with Crippen LogP contribution in [0.3, 0.4) is 0 Å². The zero-order valence-electron chi connectivity index (χ0n) is 7.92. The van der Waals surface area contributed by atoms with E-state index in [2.05, 4.69) is 10.4 Å². The number of hydrogen-bond donors (Lipinski definition) is 2. The third-order valence-corrected chi connectivity index (χ3v) is 2.01. The fraction of sp³-hybridized carbons (Fsp3) is 0. The molecule has 0 spiro atoms. The summed E-state index contributed by atoms with van der Waals surface area (Å²) < 4.78 is 1.75. The summed E-state index contributed by atoms with van der Waals surface area (Å²) in [7, 11) is 0. The van der Waals surface area contributed by atoms with Crippen LogP contribution in [0, 0.1) is 0 Å². The number of nitrogens with two attached hydrogens (primary N) is 1. The van der Waals surface area contributed by atoms with Crippen LogP contribution in [0.2, 0.25) is 0 Å². The Labute approximate surface area is 86.5 Å². The second kappa shape index (κ2) is 3.93. The minimum atomic E-state index is -0.355. The number of nitrogens with one attached hydrogen (secondary N) is 1. The molecular formula is C10H10N4O. The standard InChI is InChI=1S/C10H10N4O/c11-13-10(15)8-4-3-5-12-9(8)14-6-1-2-7-14/h1-7H,11H2,(H,13,15). The second-order valence-electron chi connectivity index (χ2n) is 2.94. The van der Waals surface area contributed by atoms with Crippen molar-refractivity contribution in [3.8, 4) is 5.82 Å². The molecule has 5 nitrogen and oxygen atoms in total. The first-order chi connectivity index (χ1) is 7.33. The highest BCUT2D eigenvalue weighted by molar-refractivity contribution is 5.96. The van der Waals surface area contributed by atoms with Gasteiger partial charge < -0.3 is 4.57 Å². The summed E-state index contributed by atoms with van der Waals surface area (Å²) >= 11 is 0. The summed E-state index contributed by atoms with van der Waals surface area (Å²) in [4.78, 5) is 15.6. The number of carbonyl (C=O) groups excluding carboxylic acids is 1. The van der Waals surface area contributed by atoms with Crippen molar-refractivity contribution in [1.29, 1.82) is 0 Å². The molecule has 0 bridgehead atoms. The zero-order valence-corrected chi connectivity index (χ0v) is 7.92. The lowest BCUT2D eigenvalue weighted by Gasteiger charge is -2.07. The topological polar surface area (TPSA) is 72.9 Å². The maximum absolute atomic E-state index is 11.4. The van der Waals surface area contributed by atoms with E-state index in [0.717, 1.165) is 0 Å². The van der Waals surface area contributed by atoms with Crippen molar-refractivity contribution >= 4 is 5.91 Å². The van der Waals surface area contributed by atoms with E-state index in [-0.39, 0.29) is 5.91 Å². The van der Waals surface area contributed by atoms with Crippen molar-refractivity contribution in [2.24, 2.45) is 5.84 Å². The molecule has 0 aliphatic heterocycles. The molecule has 3 N–H and O–H groups in total. The second-order valence-corrected chi connectivity index (χ2v) is 2.94. The minimum Gasteiger partial charge on any atom is -0.308 e. The van der Waals surface area contributed by atoms with Gasteiger partial charge in [0, 0.05) is 18.6 Å². The van der Waals surface area contributed by atoms with Gasteiger partial charge in [-0.25, -0.2) is 10.8 Å². The number of rotatable bonds is 2. The number of amides is 1. The van der Waals surface area contributed by atoms with Gasteiger partial charge >= 0.3 is 0 Å². The van der Waals surface area contributed by atoms with Crippen LogP contribution in [-0.2, 0) is 0 Å². The first-order valence-electron chi connectivity index (χ1n) is 4.42. The van der Waals surface area contributed by atoms with Crippen molar-refractivity contribution in [1.82, 2.24) is 15.0 Å². The molecule has 1 amide bonds. The fourth-order valence-electron chi connectivity index (χ4n) is 1.33. The number of aromatic nitrogens is 2. The van der Waals surface area contributed by atoms with E-state index in [1.807, 2.05) is 24.5 Å². The predicted octanol–water partition coefficient (Wildman–Crippen LogP) is 0.476. The molecule has 0 saturated carbocycles. The molecular weight excluding hydrogens is 192 g/mol. The van der Waals surface area contributed by atoms with Crippen LogP contribution in [-0.4, -0.2) is 15.5 Å². The highest BCUT2D eigenvalue weighted by Gasteiger charge is 2.11. The Morgan fingerprint density at radius 1 is 1.33 bits per heavy atom. The van der Waals surface area contributed by atoms with Crippen molar-refractivity contribution in [3.05, 3.63) is 48.4 Å². The van der Waals surface area contributed by atoms with Crippen LogP contribution in [0.15, 0.2) is 42.9 Å². The van der Waals surface area contributed by atoms with Gasteiger partial charge in [0.15, 0.2) is 0 Å². The first kappa shape index (κ1) is 9.42. The summed E-state index contributed by atoms with van der Waals surface area (Å²) in [5, 5.41) is 0. The maximum Gasteiger partial charge on any atom is 0.268 e. The molecule has 0 aliphatic rings. The lowest BCUT2D eigenvalue weighted by Crippen LogP contribution is -2.31. The Bertz CT molecular complexity index is 464. The van der Waals surface area contributed by atoms with Crippen molar-refractivity contribution in [2.75, 3.05) is 0 Å². The largest absolute Gasteiger partial charge is 0.308 e. The number of hydrogen-bond acceptors (Lipinski definition) is 3. The summed E-state index contributed by atoms with van der Waals surface area (Å²) in [5.41, 5.74) is 2.53. The van der Waals surface area contributed by atoms with E-state index in [0.29, 0.717) is 11.4 Å². The van der Waals surface area contributed by atoms with E-state index in [1.165, 1.54) is 0 Å². The van der Waals surface area contributed by atoms with E-state index in [4.69, 9.17) is 5.84 Å². The van der Waals surface area contributed by atoms with Crippen LogP contribution in [0.4, 0.5) is 0 Å². The minimum absolute atomic E-state index is 0.355. The number of nitrogen functional groups attached to an aromatic ring is 1. The van der Waals surface area contributed by atoms with Crippen molar-refractivity contribution < 1.29 is 4.79 Å². The van der Waals surface area contributed by atoms with Crippen LogP contribution in [0.25, 0.3) is 5.82 Å². The number of hydrazine groups is 1. The summed E-state index contributed by atoms with van der Waals surface area (Å²) in [6.07, 6.45) is 5.26. The van der Waals surface area contributed by atoms with E-state index < -0.39 is 0 Å². The number of carbonyl (C=O) groups is 1. The molecule has 2 aromatic rings. The van der Waals surface area contributed by atoms with Crippen molar-refractivity contribution in [3.63, 3.8) is 0 Å². The third kappa shape index (κ3) is 1.72. The molecule has 0 fully saturated rings. The van der Waals surface area contributed by atoms with E-state index >= 15 is 0 Å². The molecule has 0 aliphatic carbocycles. The Hall–Kier alpha value is -2.14. The van der Waals surface area contributed by atoms with Gasteiger partial charge in [0.05, 0.1) is 5.56 Å². The highest BCUT2D eigenvalue weighted by atomic mass is 16.2. The van der Waals surface area contributed by atoms with E-state index in [1.54, 1.807) is 22.9 Å². The monoisotopic (exact) mass is 202 g/mol. The van der Waals surface area contributed by atoms with Gasteiger partial charge in [0.1, 0.15) is 5.82 Å². The molecule has 76 valence electrons. The van der Waals surface area contributed by atoms with Crippen LogP contribution in [0.5, 0.6) is 0 Å². The Kier molecular flexibility index (Phi) is 2.47. The van der Waals surface area contributed by atoms with Gasteiger partial charge in [-0.1, -0.05) is 0 Å². The van der Waals surface area contributed by atoms with Crippen molar-refractivity contribution in [2.45, 2.75) is 0 Å². The summed E-state index contributed by atoms with van der Waals surface area (Å²) in [6.45, 7) is 0. The normalized spacial score (nSPS) is 9.93. The molecule has 2 aromatic heterocycles. The van der Waals surface area contributed by atoms with E-state index in [9.17, 15) is 4.79 Å². The zero-order chi connectivity index (χ0) is 10.7. The Morgan fingerprint density at radius 2 is 2.07 bits per heavy atom. The number of pyridine rings is 1. The molecule has 0 radical (unpaired) electrons. The quantitative estimate of drug-likeness (QED) is 0.422. The van der Waals surface area contributed by atoms with Crippen LogP contribution in [0.1, 0.15) is 10.4 Å². The van der Waals surface area contributed by atoms with Crippen LogP contribution >= 0.6 is 0 Å². The Morgan fingerprint density at radius 3 is 2.73 bits per heavy atom. The van der Waals surface area contributed by atoms with Gasteiger partial charge in [-0.3, -0.25) is 10.2 Å². The van der Waals surface area contributed by atoms with Gasteiger partial charge in [-0.05, 0) is 24.3 Å². The van der Waals surface area contributed by atoms with Crippen LogP contribution < -0.4 is 11.3 Å². The average molecular weight is 202 g/mol. The maximum atomic E-state index is 11.4. The molecule has 0 unspecified atom stereocenters. The summed E-state index contributed by atoms with van der Waals surface area (Å²) in [6, 6.07) is 7.08. The lowest BCUT2D eigenvalue weighted by atomic mass is 10.2. The molecule has 2 rings (SSSR count). The fourth-order valence-corrected chi connectivity index (χ4v) is 1.33. The Balaban J connectivity index is 2.52. The predicted molar refractivity (Wildman–Crippen MR) is 55.2 cm³/mol. The highest BCUT2D eigenvalue weighted by Crippen LogP contribution is 2.10. The smallest absolute Gasteiger partial charge is 0.268 e. The lowest BCUT2D eigenvalue weighted by molar-refractivity contribution is 0.0953. The molecule has 0 atom stereocenters. The molecule has 2 heterocycles. The van der Waals surface area contributed by atoms with Gasteiger partial charge in [0.25, 0.3) is 5.91 Å². The molecule has 15 heavy (non-hydrogen) atoms. The van der Waals surface area contributed by atoms with Gasteiger partial charge in [0.2, 0.25) is 0 Å². The average Bonchev–Trinajstić information content (AvgIpc) is 2.81. The SMILES string of the molecule is NNC(=O)c1cccnc1-n1cccc1. The summed E-state index contributed by atoms with van der Waals surface area (Å²) in [5.74, 6) is 5.30. The molecule has 5 heteroatoms. The number of nitrogens with zero attached hydrogens (tertiary/aromatic N) is 2. The molecule has 0 saturated heterocycles. The first-order valence-corrected chi connectivity index (χ1v) is 4.42. The van der Waals surface area contributed by atoms with Gasteiger partial charge in [-0.15, -0.1) is 0 Å².